The Labute approximate surface area is 153 Å². The van der Waals surface area contributed by atoms with E-state index in [9.17, 15) is 0 Å². The number of benzene rings is 2. The van der Waals surface area contributed by atoms with Crippen LogP contribution in [-0.2, 0) is 0 Å². The lowest BCUT2D eigenvalue weighted by Gasteiger charge is -2.11. The van der Waals surface area contributed by atoms with Crippen LogP contribution in [0.15, 0.2) is 36.4 Å². The topological polar surface area (TPSA) is 179 Å². The van der Waals surface area contributed by atoms with Crippen molar-refractivity contribution in [1.29, 1.82) is 0 Å². The second-order valence-corrected chi connectivity index (χ2v) is 6.08. The van der Waals surface area contributed by atoms with E-state index >= 15 is 0 Å². The summed E-state index contributed by atoms with van der Waals surface area (Å²) in [5.41, 5.74) is 27.6. The summed E-state index contributed by atoms with van der Waals surface area (Å²) in [5.74, 6) is 0.516. The van der Waals surface area contributed by atoms with Crippen LogP contribution in [0.4, 0.5) is 22.7 Å². The van der Waals surface area contributed by atoms with E-state index in [4.69, 9.17) is 33.8 Å². The summed E-state index contributed by atoms with van der Waals surface area (Å²) in [6.07, 6.45) is 1.95. The van der Waals surface area contributed by atoms with Crippen LogP contribution in [0.25, 0.3) is 0 Å². The number of hydrogen-bond donors (Lipinski definition) is 8. The van der Waals surface area contributed by atoms with Crippen molar-refractivity contribution >= 4 is 34.4 Å². The fourth-order valence-electron chi connectivity index (χ4n) is 2.50. The summed E-state index contributed by atoms with van der Waals surface area (Å²) in [7, 11) is 0. The number of anilines is 4. The molecular weight excluding hydrogens is 328 g/mol. The number of hydrogen-bond acceptors (Lipinski definition) is 4. The van der Waals surface area contributed by atoms with Gasteiger partial charge in [-0.15, -0.1) is 0 Å². The average molecular weight is 356 g/mol. The monoisotopic (exact) mass is 356 g/mol. The van der Waals surface area contributed by atoms with E-state index in [2.05, 4.69) is 10.6 Å². The van der Waals surface area contributed by atoms with Gasteiger partial charge >= 0.3 is 0 Å². The summed E-state index contributed by atoms with van der Waals surface area (Å²) >= 11 is 0. The average Bonchev–Trinajstić information content (AvgIpc) is 2.59. The van der Waals surface area contributed by atoms with Crippen molar-refractivity contribution in [1.82, 2.24) is 0 Å². The van der Waals surface area contributed by atoms with Crippen LogP contribution in [0.5, 0.6) is 0 Å². The zero-order valence-corrected chi connectivity index (χ0v) is 14.8. The number of rotatable bonds is 9. The largest absolute Gasteiger partial charge is 0.397 e. The molecule has 0 bridgehead atoms. The minimum absolute atomic E-state index is 0.258. The Morgan fingerprint density at radius 2 is 1.12 bits per heavy atom. The quantitative estimate of drug-likeness (QED) is 0.112. The van der Waals surface area contributed by atoms with Crippen LogP contribution in [0, 0.1) is 0 Å². The van der Waals surface area contributed by atoms with Crippen LogP contribution in [0.3, 0.4) is 0 Å². The lowest BCUT2D eigenvalue weighted by Crippen LogP contribution is -2.46. The fourth-order valence-corrected chi connectivity index (χ4v) is 2.50. The first-order valence-corrected chi connectivity index (χ1v) is 8.42. The van der Waals surface area contributed by atoms with Gasteiger partial charge in [-0.25, -0.2) is 0 Å². The van der Waals surface area contributed by atoms with Gasteiger partial charge in [-0.05, 0) is 49.2 Å². The lowest BCUT2D eigenvalue weighted by atomic mass is 10.1. The van der Waals surface area contributed by atoms with Crippen molar-refractivity contribution in [3.05, 3.63) is 47.5 Å². The highest BCUT2D eigenvalue weighted by atomic mass is 14.9. The molecule has 0 radical (unpaired) electrons. The highest BCUT2D eigenvalue weighted by Gasteiger charge is 2.06. The van der Waals surface area contributed by atoms with Crippen molar-refractivity contribution in [2.45, 2.75) is 12.8 Å². The number of nitrogens with two attached hydrogens (primary N) is 6. The van der Waals surface area contributed by atoms with E-state index in [1.54, 1.807) is 12.1 Å². The minimum atomic E-state index is 0.258. The van der Waals surface area contributed by atoms with Gasteiger partial charge in [0.2, 0.25) is 0 Å². The van der Waals surface area contributed by atoms with E-state index in [0.29, 0.717) is 11.4 Å². The maximum atomic E-state index is 5.99. The van der Waals surface area contributed by atoms with Gasteiger partial charge in [0, 0.05) is 13.1 Å². The molecule has 0 unspecified atom stereocenters. The fraction of sp³-hybridized carbons (Fsp3) is 0.222. The van der Waals surface area contributed by atoms with Crippen LogP contribution >= 0.6 is 0 Å². The van der Waals surface area contributed by atoms with Gasteiger partial charge in [-0.2, -0.15) is 0 Å². The third-order valence-electron chi connectivity index (χ3n) is 4.00. The van der Waals surface area contributed by atoms with E-state index in [0.717, 1.165) is 48.4 Å². The third kappa shape index (κ3) is 5.04. The maximum Gasteiger partial charge on any atom is 0.270 e. The molecule has 0 fully saturated rings. The van der Waals surface area contributed by atoms with Gasteiger partial charge in [-0.3, -0.25) is 22.3 Å². The third-order valence-corrected chi connectivity index (χ3v) is 4.00. The zero-order valence-electron chi connectivity index (χ0n) is 14.8. The number of nitrogen functional groups attached to an aromatic ring is 2. The summed E-state index contributed by atoms with van der Waals surface area (Å²) < 4.78 is 0. The molecule has 0 amide bonds. The second kappa shape index (κ2) is 8.61. The number of amidine groups is 2. The molecule has 0 aliphatic heterocycles. The molecule has 0 aliphatic rings. The number of nitrogens with one attached hydrogen (secondary N) is 2. The molecule has 0 saturated carbocycles. The van der Waals surface area contributed by atoms with Crippen LogP contribution in [0.2, 0.25) is 0 Å². The summed E-state index contributed by atoms with van der Waals surface area (Å²) in [4.78, 5) is 0. The van der Waals surface area contributed by atoms with Gasteiger partial charge in [0.15, 0.2) is 0 Å². The molecule has 0 heterocycles. The molecule has 138 valence electrons. The highest BCUT2D eigenvalue weighted by molar-refractivity contribution is 5.95. The molecule has 2 rings (SSSR count). The highest BCUT2D eigenvalue weighted by Crippen LogP contribution is 2.20. The predicted octanol–water partition coefficient (Wildman–Crippen LogP) is -1.92. The smallest absolute Gasteiger partial charge is 0.270 e. The van der Waals surface area contributed by atoms with Crippen molar-refractivity contribution in [3.8, 4) is 0 Å². The molecular formula is C18H28N8+2. The zero-order chi connectivity index (χ0) is 19.1. The Bertz CT molecular complexity index is 732. The molecule has 0 aromatic heterocycles. The Kier molecular flexibility index (Phi) is 6.26. The van der Waals surface area contributed by atoms with Crippen molar-refractivity contribution in [2.75, 3.05) is 35.2 Å². The molecule has 0 saturated heterocycles. The standard InChI is InChI=1S/C18H26N8/c19-13-9-11(17(21)22)3-5-15(13)25-7-1-2-8-26-16-6-4-12(18(23)24)10-14(16)20/h3-6,9-10,25-26H,1-2,7-8,19-20H2,(H3,21,22)(H3,23,24)/p+2. The Hall–Kier alpha value is -3.42. The summed E-state index contributed by atoms with van der Waals surface area (Å²) in [6, 6.07) is 11.0. The maximum absolute atomic E-state index is 5.99. The molecule has 2 aromatic rings. The van der Waals surface area contributed by atoms with E-state index in [1.807, 2.05) is 24.3 Å². The van der Waals surface area contributed by atoms with Gasteiger partial charge in [0.05, 0.1) is 33.9 Å². The number of unbranched alkanes of at least 4 members (excludes halogenated alkanes) is 1. The summed E-state index contributed by atoms with van der Waals surface area (Å²) in [5, 5.41) is 17.7. The van der Waals surface area contributed by atoms with Crippen molar-refractivity contribution < 1.29 is 10.8 Å². The van der Waals surface area contributed by atoms with Gasteiger partial charge in [-0.1, -0.05) is 0 Å². The van der Waals surface area contributed by atoms with Gasteiger partial charge < -0.3 is 22.1 Å². The first-order chi connectivity index (χ1) is 12.4. The van der Waals surface area contributed by atoms with Gasteiger partial charge in [0.25, 0.3) is 11.7 Å². The van der Waals surface area contributed by atoms with E-state index < -0.39 is 0 Å². The normalized spacial score (nSPS) is 10.3. The van der Waals surface area contributed by atoms with Crippen LogP contribution < -0.4 is 44.4 Å². The first-order valence-electron chi connectivity index (χ1n) is 8.42. The van der Waals surface area contributed by atoms with E-state index in [1.165, 1.54) is 0 Å². The molecule has 0 atom stereocenters. The van der Waals surface area contributed by atoms with Gasteiger partial charge in [0.1, 0.15) is 0 Å². The summed E-state index contributed by atoms with van der Waals surface area (Å²) in [6.45, 7) is 1.61. The molecule has 8 nitrogen and oxygen atoms in total. The van der Waals surface area contributed by atoms with Crippen molar-refractivity contribution in [3.63, 3.8) is 0 Å². The SMILES string of the molecule is NC(=[NH2+])c1ccc(NCCCCNc2ccc(C(N)=[NH2+])cc2N)c(N)c1. The van der Waals surface area contributed by atoms with Crippen LogP contribution in [0.1, 0.15) is 24.0 Å². The Balaban J connectivity index is 1.73. The molecule has 2 aromatic carbocycles. The molecule has 26 heavy (non-hydrogen) atoms. The minimum Gasteiger partial charge on any atom is -0.397 e. The molecule has 8 heteroatoms. The first kappa shape index (κ1) is 18.9. The molecule has 0 spiro atoms. The van der Waals surface area contributed by atoms with Crippen LogP contribution in [-0.4, -0.2) is 24.8 Å². The Morgan fingerprint density at radius 3 is 1.42 bits per heavy atom. The second-order valence-electron chi connectivity index (χ2n) is 6.08. The molecule has 14 N–H and O–H groups in total. The lowest BCUT2D eigenvalue weighted by molar-refractivity contribution is -0.115. The predicted molar refractivity (Wildman–Crippen MR) is 108 cm³/mol. The Morgan fingerprint density at radius 1 is 0.731 bits per heavy atom. The molecule has 0 aliphatic carbocycles. The van der Waals surface area contributed by atoms with Crippen molar-refractivity contribution in [2.24, 2.45) is 11.5 Å². The van der Waals surface area contributed by atoms with E-state index in [-0.39, 0.29) is 11.7 Å².